The van der Waals surface area contributed by atoms with E-state index in [4.69, 9.17) is 4.74 Å². The molecule has 1 saturated carbocycles. The zero-order chi connectivity index (χ0) is 15.1. The minimum Gasteiger partial charge on any atom is -0.389 e. The van der Waals surface area contributed by atoms with Gasteiger partial charge in [0.2, 0.25) is 0 Å². The average Bonchev–Trinajstić information content (AvgIpc) is 2.97. The Bertz CT molecular complexity index is 375. The Morgan fingerprint density at radius 1 is 1.38 bits per heavy atom. The molecule has 0 aromatic carbocycles. The zero-order valence-corrected chi connectivity index (χ0v) is 13.2. The molecule has 21 heavy (non-hydrogen) atoms. The van der Waals surface area contributed by atoms with Gasteiger partial charge in [-0.05, 0) is 38.5 Å². The summed E-state index contributed by atoms with van der Waals surface area (Å²) in [5.74, 6) is 0.834. The number of rotatable bonds is 8. The number of aromatic nitrogens is 2. The van der Waals surface area contributed by atoms with Crippen molar-refractivity contribution in [3.63, 3.8) is 0 Å². The van der Waals surface area contributed by atoms with Gasteiger partial charge in [-0.15, -0.1) is 0 Å². The molecule has 1 aliphatic rings. The molecule has 0 amide bonds. The molecule has 2 unspecified atom stereocenters. The van der Waals surface area contributed by atoms with Gasteiger partial charge in [-0.2, -0.15) is 0 Å². The largest absolute Gasteiger partial charge is 0.389 e. The maximum absolute atomic E-state index is 10.0. The van der Waals surface area contributed by atoms with Gasteiger partial charge >= 0.3 is 0 Å². The predicted molar refractivity (Wildman–Crippen MR) is 83.1 cm³/mol. The maximum atomic E-state index is 10.0. The molecule has 0 aliphatic heterocycles. The molecule has 0 bridgehead atoms. The molecule has 0 saturated heterocycles. The molecule has 5 heteroatoms. The lowest BCUT2D eigenvalue weighted by Crippen LogP contribution is -2.38. The smallest absolute Gasteiger partial charge is 0.0946 e. The first-order valence-electron chi connectivity index (χ1n) is 8.12. The van der Waals surface area contributed by atoms with Crippen LogP contribution in [0.5, 0.6) is 0 Å². The van der Waals surface area contributed by atoms with Crippen LogP contribution >= 0.6 is 0 Å². The maximum Gasteiger partial charge on any atom is 0.0946 e. The third kappa shape index (κ3) is 6.16. The van der Waals surface area contributed by atoms with E-state index in [1.54, 1.807) is 6.20 Å². The number of aliphatic hydroxyl groups is 1. The van der Waals surface area contributed by atoms with Gasteiger partial charge in [-0.3, -0.25) is 0 Å². The van der Waals surface area contributed by atoms with Crippen molar-refractivity contribution in [3.8, 4) is 0 Å². The molecule has 1 aromatic rings. The molecule has 2 N–H and O–H groups in total. The highest BCUT2D eigenvalue weighted by Crippen LogP contribution is 2.25. The number of aliphatic hydroxyl groups excluding tert-OH is 1. The number of hydrogen-bond donors (Lipinski definition) is 2. The van der Waals surface area contributed by atoms with E-state index in [1.165, 1.54) is 12.8 Å². The highest BCUT2D eigenvalue weighted by atomic mass is 16.5. The third-order valence-corrected chi connectivity index (χ3v) is 4.23. The lowest BCUT2D eigenvalue weighted by atomic mass is 9.89. The fourth-order valence-corrected chi connectivity index (χ4v) is 2.81. The molecule has 2 rings (SSSR count). The molecule has 5 nitrogen and oxygen atoms in total. The number of nitrogens with one attached hydrogen (secondary N) is 1. The molecule has 1 fully saturated rings. The lowest BCUT2D eigenvalue weighted by Gasteiger charge is -2.27. The first-order valence-corrected chi connectivity index (χ1v) is 8.12. The summed E-state index contributed by atoms with van der Waals surface area (Å²) in [4.78, 5) is 4.02. The van der Waals surface area contributed by atoms with Gasteiger partial charge in [0.05, 0.1) is 25.1 Å². The number of nitrogens with zero attached hydrogens (tertiary/aromatic N) is 2. The Labute approximate surface area is 127 Å². The minimum absolute atomic E-state index is 0.296. The molecule has 0 spiro atoms. The summed E-state index contributed by atoms with van der Waals surface area (Å²) >= 11 is 0. The summed E-state index contributed by atoms with van der Waals surface area (Å²) in [6, 6.07) is 0.296. The van der Waals surface area contributed by atoms with Gasteiger partial charge in [0.1, 0.15) is 0 Å². The summed E-state index contributed by atoms with van der Waals surface area (Å²) in [5.41, 5.74) is 0. The van der Waals surface area contributed by atoms with E-state index in [1.807, 2.05) is 17.1 Å². The second kappa shape index (κ2) is 8.51. The normalized spacial score (nSPS) is 25.7. The van der Waals surface area contributed by atoms with Crippen LogP contribution in [0.2, 0.25) is 0 Å². The molecule has 1 aromatic heterocycles. The van der Waals surface area contributed by atoms with Gasteiger partial charge in [0, 0.05) is 31.5 Å². The second-order valence-electron chi connectivity index (χ2n) is 6.44. The Hall–Kier alpha value is -0.910. The van der Waals surface area contributed by atoms with Crippen LogP contribution in [0.1, 0.15) is 39.5 Å². The SMILES string of the molecule is CC1CCC(OCC(O)CNC(C)Cn2ccnc2)CC1. The highest BCUT2D eigenvalue weighted by Gasteiger charge is 2.19. The zero-order valence-electron chi connectivity index (χ0n) is 13.2. The number of ether oxygens (including phenoxy) is 1. The first kappa shape index (κ1) is 16.5. The highest BCUT2D eigenvalue weighted by molar-refractivity contribution is 4.77. The average molecular weight is 295 g/mol. The van der Waals surface area contributed by atoms with Crippen molar-refractivity contribution in [2.45, 2.75) is 64.3 Å². The Morgan fingerprint density at radius 3 is 2.81 bits per heavy atom. The predicted octanol–water partition coefficient (Wildman–Crippen LogP) is 1.82. The fraction of sp³-hybridized carbons (Fsp3) is 0.812. The van der Waals surface area contributed by atoms with Crippen molar-refractivity contribution in [1.82, 2.24) is 14.9 Å². The van der Waals surface area contributed by atoms with Gasteiger partial charge in [-0.1, -0.05) is 6.92 Å². The van der Waals surface area contributed by atoms with Gasteiger partial charge < -0.3 is 19.7 Å². The second-order valence-corrected chi connectivity index (χ2v) is 6.44. The number of hydrogen-bond acceptors (Lipinski definition) is 4. The van der Waals surface area contributed by atoms with E-state index in [0.29, 0.717) is 25.3 Å². The summed E-state index contributed by atoms with van der Waals surface area (Å²) in [5, 5.41) is 13.3. The van der Waals surface area contributed by atoms with Crippen molar-refractivity contribution >= 4 is 0 Å². The molecule has 1 heterocycles. The van der Waals surface area contributed by atoms with Crippen LogP contribution in [0.4, 0.5) is 0 Å². The van der Waals surface area contributed by atoms with Crippen LogP contribution < -0.4 is 5.32 Å². The third-order valence-electron chi connectivity index (χ3n) is 4.23. The minimum atomic E-state index is -0.436. The molecule has 120 valence electrons. The van der Waals surface area contributed by atoms with Gasteiger partial charge in [0.25, 0.3) is 0 Å². The monoisotopic (exact) mass is 295 g/mol. The number of imidazole rings is 1. The van der Waals surface area contributed by atoms with Crippen LogP contribution in [0, 0.1) is 5.92 Å². The van der Waals surface area contributed by atoms with Crippen molar-refractivity contribution in [3.05, 3.63) is 18.7 Å². The quantitative estimate of drug-likeness (QED) is 0.768. The van der Waals surface area contributed by atoms with E-state index < -0.39 is 6.10 Å². The van der Waals surface area contributed by atoms with E-state index in [2.05, 4.69) is 24.1 Å². The van der Waals surface area contributed by atoms with Crippen LogP contribution in [-0.4, -0.2) is 46.1 Å². The van der Waals surface area contributed by atoms with E-state index in [-0.39, 0.29) is 0 Å². The molecule has 0 radical (unpaired) electrons. The van der Waals surface area contributed by atoms with Crippen LogP contribution in [0.15, 0.2) is 18.7 Å². The molecular formula is C16H29N3O2. The lowest BCUT2D eigenvalue weighted by molar-refractivity contribution is -0.0283. The van der Waals surface area contributed by atoms with E-state index in [0.717, 1.165) is 25.3 Å². The Balaban J connectivity index is 1.55. The first-order chi connectivity index (χ1) is 10.1. The Morgan fingerprint density at radius 2 is 2.14 bits per heavy atom. The van der Waals surface area contributed by atoms with Gasteiger partial charge in [-0.25, -0.2) is 4.98 Å². The Kier molecular flexibility index (Phi) is 6.67. The summed E-state index contributed by atoms with van der Waals surface area (Å²) in [6.07, 6.45) is 10.2. The van der Waals surface area contributed by atoms with Crippen molar-refractivity contribution in [2.24, 2.45) is 5.92 Å². The topological polar surface area (TPSA) is 59.3 Å². The van der Waals surface area contributed by atoms with E-state index in [9.17, 15) is 5.11 Å². The van der Waals surface area contributed by atoms with Crippen molar-refractivity contribution < 1.29 is 9.84 Å². The summed E-state index contributed by atoms with van der Waals surface area (Å²) in [7, 11) is 0. The standard InChI is InChI=1S/C16H29N3O2/c1-13-3-5-16(6-4-13)21-11-15(20)9-18-14(2)10-19-8-7-17-12-19/h7-8,12-16,18,20H,3-6,9-11H2,1-2H3. The molecular weight excluding hydrogens is 266 g/mol. The van der Waals surface area contributed by atoms with Crippen LogP contribution in [0.3, 0.4) is 0 Å². The summed E-state index contributed by atoms with van der Waals surface area (Å²) < 4.78 is 7.86. The van der Waals surface area contributed by atoms with Crippen molar-refractivity contribution in [2.75, 3.05) is 13.2 Å². The fourth-order valence-electron chi connectivity index (χ4n) is 2.81. The van der Waals surface area contributed by atoms with Gasteiger partial charge in [0.15, 0.2) is 0 Å². The molecule has 2 atom stereocenters. The molecule has 1 aliphatic carbocycles. The summed E-state index contributed by atoms with van der Waals surface area (Å²) in [6.45, 7) is 6.27. The van der Waals surface area contributed by atoms with E-state index >= 15 is 0 Å². The van der Waals surface area contributed by atoms with Crippen molar-refractivity contribution in [1.29, 1.82) is 0 Å². The van der Waals surface area contributed by atoms with Crippen LogP contribution in [0.25, 0.3) is 0 Å². The van der Waals surface area contributed by atoms with Crippen LogP contribution in [-0.2, 0) is 11.3 Å².